The van der Waals surface area contributed by atoms with Crippen molar-refractivity contribution in [2.24, 2.45) is 0 Å². The summed E-state index contributed by atoms with van der Waals surface area (Å²) in [6.45, 7) is 2.13. The van der Waals surface area contributed by atoms with E-state index in [1.54, 1.807) is 6.20 Å². The summed E-state index contributed by atoms with van der Waals surface area (Å²) < 4.78 is 11.5. The first-order valence-electron chi connectivity index (χ1n) is 8.61. The van der Waals surface area contributed by atoms with Crippen molar-refractivity contribution in [2.45, 2.75) is 37.3 Å². The van der Waals surface area contributed by atoms with E-state index in [0.717, 1.165) is 35.7 Å². The third-order valence-corrected chi connectivity index (χ3v) is 5.19. The molecule has 126 valence electrons. The number of aromatic nitrogens is 1. The van der Waals surface area contributed by atoms with Gasteiger partial charge in [-0.3, -0.25) is 9.78 Å². The zero-order chi connectivity index (χ0) is 16.4. The van der Waals surface area contributed by atoms with Crippen LogP contribution in [0.2, 0.25) is 0 Å². The van der Waals surface area contributed by atoms with Gasteiger partial charge >= 0.3 is 0 Å². The molecule has 0 radical (unpaired) electrons. The Morgan fingerprint density at radius 2 is 2.08 bits per heavy atom. The predicted molar refractivity (Wildman–Crippen MR) is 90.7 cm³/mol. The minimum absolute atomic E-state index is 0.0488. The molecular weight excluding hydrogens is 304 g/mol. The van der Waals surface area contributed by atoms with E-state index < -0.39 is 0 Å². The number of fused-ring (bicyclic) bond motifs is 1. The van der Waals surface area contributed by atoms with Gasteiger partial charge in [0.15, 0.2) is 0 Å². The standard InChI is InChI=1S/C19H22N2O3/c22-18(13-14-3-1-5-16-15(14)4-2-9-20-16)21-17-6-10-24-19(17)7-11-23-12-8-19/h1-5,9,17H,6-8,10-13H2,(H,21,22). The largest absolute Gasteiger partial charge is 0.381 e. The van der Waals surface area contributed by atoms with Gasteiger partial charge in [0.2, 0.25) is 5.91 Å². The molecule has 0 aliphatic carbocycles. The Balaban J connectivity index is 1.48. The summed E-state index contributed by atoms with van der Waals surface area (Å²) in [6.07, 6.45) is 4.73. The normalized spacial score (nSPS) is 22.8. The van der Waals surface area contributed by atoms with Gasteiger partial charge in [-0.15, -0.1) is 0 Å². The minimum Gasteiger partial charge on any atom is -0.381 e. The Morgan fingerprint density at radius 3 is 2.96 bits per heavy atom. The van der Waals surface area contributed by atoms with Crippen molar-refractivity contribution in [2.75, 3.05) is 19.8 Å². The van der Waals surface area contributed by atoms with Gasteiger partial charge < -0.3 is 14.8 Å². The summed E-state index contributed by atoms with van der Waals surface area (Å²) in [5.41, 5.74) is 1.71. The van der Waals surface area contributed by atoms with Gasteiger partial charge in [0.25, 0.3) is 0 Å². The average Bonchev–Trinajstić information content (AvgIpc) is 2.97. The molecule has 5 heteroatoms. The number of ether oxygens (including phenoxy) is 2. The van der Waals surface area contributed by atoms with E-state index >= 15 is 0 Å². The lowest BCUT2D eigenvalue weighted by atomic mass is 9.86. The predicted octanol–water partition coefficient (Wildman–Crippen LogP) is 2.23. The lowest BCUT2D eigenvalue weighted by Gasteiger charge is -2.37. The van der Waals surface area contributed by atoms with Gasteiger partial charge in [0.1, 0.15) is 0 Å². The van der Waals surface area contributed by atoms with E-state index in [4.69, 9.17) is 9.47 Å². The molecule has 0 saturated carbocycles. The Kier molecular flexibility index (Phi) is 4.21. The molecule has 1 spiro atoms. The summed E-state index contributed by atoms with van der Waals surface area (Å²) in [6, 6.07) is 9.94. The maximum Gasteiger partial charge on any atom is 0.224 e. The molecular formula is C19H22N2O3. The van der Waals surface area contributed by atoms with Crippen LogP contribution in [-0.2, 0) is 20.7 Å². The van der Waals surface area contributed by atoms with Crippen molar-refractivity contribution < 1.29 is 14.3 Å². The van der Waals surface area contributed by atoms with Crippen molar-refractivity contribution in [3.05, 3.63) is 42.1 Å². The molecule has 3 heterocycles. The van der Waals surface area contributed by atoms with Crippen LogP contribution in [0.1, 0.15) is 24.8 Å². The molecule has 1 N–H and O–H groups in total. The lowest BCUT2D eigenvalue weighted by molar-refractivity contribution is -0.125. The van der Waals surface area contributed by atoms with E-state index in [1.165, 1.54) is 0 Å². The highest BCUT2D eigenvalue weighted by atomic mass is 16.5. The van der Waals surface area contributed by atoms with E-state index in [2.05, 4.69) is 10.3 Å². The molecule has 1 aromatic carbocycles. The van der Waals surface area contributed by atoms with Crippen LogP contribution < -0.4 is 5.32 Å². The number of rotatable bonds is 3. The molecule has 2 saturated heterocycles. The summed E-state index contributed by atoms with van der Waals surface area (Å²) in [4.78, 5) is 17.0. The number of nitrogens with zero attached hydrogens (tertiary/aromatic N) is 1. The molecule has 2 aromatic rings. The van der Waals surface area contributed by atoms with E-state index in [9.17, 15) is 4.79 Å². The van der Waals surface area contributed by atoms with Gasteiger partial charge in [0, 0.05) is 44.2 Å². The second kappa shape index (κ2) is 6.49. The first kappa shape index (κ1) is 15.5. The summed E-state index contributed by atoms with van der Waals surface area (Å²) in [5.74, 6) is 0.0488. The zero-order valence-corrected chi connectivity index (χ0v) is 13.7. The number of hydrogen-bond acceptors (Lipinski definition) is 4. The third kappa shape index (κ3) is 2.89. The Morgan fingerprint density at radius 1 is 1.21 bits per heavy atom. The van der Waals surface area contributed by atoms with E-state index in [1.807, 2.05) is 30.3 Å². The van der Waals surface area contributed by atoms with Gasteiger partial charge in [-0.2, -0.15) is 0 Å². The SMILES string of the molecule is O=C(Cc1cccc2ncccc12)NC1CCOC12CCOCC2. The molecule has 1 aromatic heterocycles. The van der Waals surface area contributed by atoms with Gasteiger partial charge in [-0.1, -0.05) is 18.2 Å². The molecule has 2 aliphatic heterocycles. The maximum atomic E-state index is 12.6. The fourth-order valence-electron chi connectivity index (χ4n) is 3.90. The summed E-state index contributed by atoms with van der Waals surface area (Å²) >= 11 is 0. The number of hydrogen-bond donors (Lipinski definition) is 1. The lowest BCUT2D eigenvalue weighted by Crippen LogP contribution is -2.53. The van der Waals surface area contributed by atoms with Crippen molar-refractivity contribution in [3.8, 4) is 0 Å². The third-order valence-electron chi connectivity index (χ3n) is 5.19. The second-order valence-corrected chi connectivity index (χ2v) is 6.60. The van der Waals surface area contributed by atoms with Crippen molar-refractivity contribution in [3.63, 3.8) is 0 Å². The Hall–Kier alpha value is -1.98. The highest BCUT2D eigenvalue weighted by molar-refractivity contribution is 5.88. The van der Waals surface area contributed by atoms with Crippen molar-refractivity contribution in [1.29, 1.82) is 0 Å². The van der Waals surface area contributed by atoms with Crippen molar-refractivity contribution >= 4 is 16.8 Å². The molecule has 2 aliphatic rings. The molecule has 1 atom stereocenters. The van der Waals surface area contributed by atoms with Crippen LogP contribution in [0.3, 0.4) is 0 Å². The topological polar surface area (TPSA) is 60.5 Å². The molecule has 4 rings (SSSR count). The highest BCUT2D eigenvalue weighted by Crippen LogP contribution is 2.35. The van der Waals surface area contributed by atoms with Crippen molar-refractivity contribution in [1.82, 2.24) is 10.3 Å². The quantitative estimate of drug-likeness (QED) is 0.940. The fourth-order valence-corrected chi connectivity index (χ4v) is 3.90. The molecule has 1 unspecified atom stereocenters. The number of nitrogens with one attached hydrogen (secondary N) is 1. The Labute approximate surface area is 141 Å². The molecule has 24 heavy (non-hydrogen) atoms. The molecule has 1 amide bonds. The number of carbonyl (C=O) groups is 1. The second-order valence-electron chi connectivity index (χ2n) is 6.60. The Bertz CT molecular complexity index is 735. The maximum absolute atomic E-state index is 12.6. The van der Waals surface area contributed by atoms with Gasteiger partial charge in [-0.05, 0) is 24.1 Å². The zero-order valence-electron chi connectivity index (χ0n) is 13.7. The van der Waals surface area contributed by atoms with Crippen LogP contribution in [0, 0.1) is 0 Å². The van der Waals surface area contributed by atoms with Crippen LogP contribution in [0.4, 0.5) is 0 Å². The van der Waals surface area contributed by atoms with Crippen LogP contribution >= 0.6 is 0 Å². The monoisotopic (exact) mass is 326 g/mol. The van der Waals surface area contributed by atoms with E-state index in [-0.39, 0.29) is 17.6 Å². The first-order chi connectivity index (χ1) is 11.8. The molecule has 5 nitrogen and oxygen atoms in total. The molecule has 0 bridgehead atoms. The van der Waals surface area contributed by atoms with Gasteiger partial charge in [-0.25, -0.2) is 0 Å². The number of carbonyl (C=O) groups excluding carboxylic acids is 1. The number of amides is 1. The summed E-state index contributed by atoms with van der Waals surface area (Å²) in [5, 5.41) is 4.25. The highest BCUT2D eigenvalue weighted by Gasteiger charge is 2.45. The minimum atomic E-state index is -0.228. The number of pyridine rings is 1. The van der Waals surface area contributed by atoms with Crippen LogP contribution in [0.5, 0.6) is 0 Å². The van der Waals surface area contributed by atoms with Gasteiger partial charge in [0.05, 0.1) is 23.6 Å². The first-order valence-corrected chi connectivity index (χ1v) is 8.61. The van der Waals surface area contributed by atoms with Crippen LogP contribution in [0.25, 0.3) is 10.9 Å². The average molecular weight is 326 g/mol. The smallest absolute Gasteiger partial charge is 0.224 e. The van der Waals surface area contributed by atoms with E-state index in [0.29, 0.717) is 26.2 Å². The van der Waals surface area contributed by atoms with Crippen LogP contribution in [0.15, 0.2) is 36.5 Å². The van der Waals surface area contributed by atoms with Crippen LogP contribution in [-0.4, -0.2) is 42.4 Å². The fraction of sp³-hybridized carbons (Fsp3) is 0.474. The summed E-state index contributed by atoms with van der Waals surface area (Å²) in [7, 11) is 0. The number of benzene rings is 1. The molecule has 2 fully saturated rings.